The molecule has 1 unspecified atom stereocenters. The molecule has 5 nitrogen and oxygen atoms in total. The molecule has 5 heteroatoms. The lowest BCUT2D eigenvalue weighted by atomic mass is 10.1. The number of rotatable bonds is 37. The van der Waals surface area contributed by atoms with Crippen LogP contribution in [0.2, 0.25) is 0 Å². The van der Waals surface area contributed by atoms with Gasteiger partial charge < -0.3 is 14.6 Å². The average Bonchev–Trinajstić information content (AvgIpc) is 3.10. The molecule has 0 amide bonds. The Morgan fingerprint density at radius 2 is 0.816 bits per heavy atom. The van der Waals surface area contributed by atoms with E-state index in [4.69, 9.17) is 9.47 Å². The summed E-state index contributed by atoms with van der Waals surface area (Å²) in [6.07, 6.45) is 50.2. The highest BCUT2D eigenvalue weighted by molar-refractivity contribution is 5.70. The summed E-state index contributed by atoms with van der Waals surface area (Å²) in [6, 6.07) is 0. The molecule has 0 aliphatic carbocycles. The van der Waals surface area contributed by atoms with E-state index in [1.54, 1.807) is 0 Å². The van der Waals surface area contributed by atoms with Gasteiger partial charge in [-0.3, -0.25) is 9.59 Å². The number of hydrogen-bond donors (Lipinski definition) is 1. The van der Waals surface area contributed by atoms with Gasteiger partial charge in [-0.2, -0.15) is 0 Å². The maximum atomic E-state index is 12.2. The average molecular weight is 687 g/mol. The molecular formula is C44H78O5. The molecule has 0 aromatic heterocycles. The highest BCUT2D eigenvalue weighted by atomic mass is 16.6. The van der Waals surface area contributed by atoms with Gasteiger partial charge in [0.15, 0.2) is 6.10 Å². The molecule has 0 saturated heterocycles. The van der Waals surface area contributed by atoms with Gasteiger partial charge in [-0.1, -0.05) is 159 Å². The zero-order chi connectivity index (χ0) is 35.7. The van der Waals surface area contributed by atoms with Crippen LogP contribution in [0.4, 0.5) is 0 Å². The van der Waals surface area contributed by atoms with Crippen LogP contribution >= 0.6 is 0 Å². The second-order valence-electron chi connectivity index (χ2n) is 13.7. The molecule has 0 radical (unpaired) electrons. The van der Waals surface area contributed by atoms with Crippen LogP contribution in [0, 0.1) is 0 Å². The topological polar surface area (TPSA) is 72.8 Å². The molecule has 0 saturated carbocycles. The largest absolute Gasteiger partial charge is 0.462 e. The van der Waals surface area contributed by atoms with Gasteiger partial charge in [0.2, 0.25) is 0 Å². The number of aliphatic hydroxyl groups excluding tert-OH is 1. The number of esters is 2. The lowest BCUT2D eigenvalue weighted by molar-refractivity contribution is -0.161. The number of aliphatic hydroxyl groups is 1. The van der Waals surface area contributed by atoms with Crippen LogP contribution < -0.4 is 0 Å². The van der Waals surface area contributed by atoms with E-state index in [1.165, 1.54) is 109 Å². The first-order valence-corrected chi connectivity index (χ1v) is 20.7. The molecule has 49 heavy (non-hydrogen) atoms. The Kier molecular flexibility index (Phi) is 38.5. The fourth-order valence-electron chi connectivity index (χ4n) is 5.67. The molecule has 1 atom stereocenters. The van der Waals surface area contributed by atoms with E-state index in [0.717, 1.165) is 64.2 Å². The van der Waals surface area contributed by atoms with Crippen molar-refractivity contribution in [1.82, 2.24) is 0 Å². The molecule has 1 N–H and O–H groups in total. The van der Waals surface area contributed by atoms with Crippen LogP contribution in [0.3, 0.4) is 0 Å². The fourth-order valence-corrected chi connectivity index (χ4v) is 5.67. The van der Waals surface area contributed by atoms with Crippen molar-refractivity contribution in [1.29, 1.82) is 0 Å². The van der Waals surface area contributed by atoms with Crippen molar-refractivity contribution >= 4 is 11.9 Å². The molecule has 0 rings (SSSR count). The Labute approximate surface area is 303 Å². The van der Waals surface area contributed by atoms with Crippen LogP contribution in [0.5, 0.6) is 0 Å². The molecule has 0 heterocycles. The second kappa shape index (κ2) is 40.3. The van der Waals surface area contributed by atoms with E-state index >= 15 is 0 Å². The van der Waals surface area contributed by atoms with E-state index < -0.39 is 6.10 Å². The first-order valence-electron chi connectivity index (χ1n) is 20.7. The third-order valence-corrected chi connectivity index (χ3v) is 8.85. The minimum Gasteiger partial charge on any atom is -0.462 e. The standard InChI is InChI=1S/C44H78O5/c1-3-5-7-9-11-13-15-17-19-21-22-23-25-27-29-31-33-35-37-39-44(47)49-42(40-45)41-48-43(46)38-36-34-32-30-28-26-24-20-18-16-14-12-10-8-6-4-2/h11,13,17,19-20,22-24,42,45H,3-10,12,14-16,18,21,25-41H2,1-2H3/b13-11-,19-17-,23-22-,24-20-. The number of allylic oxidation sites excluding steroid dienone is 8. The maximum Gasteiger partial charge on any atom is 0.306 e. The zero-order valence-corrected chi connectivity index (χ0v) is 32.2. The SMILES string of the molecule is CCCCC/C=C\C/C=C\C/C=C\CCCCCCCCC(=O)OC(CO)COC(=O)CCCCCCC/C=C\CCCCCCCCC. The summed E-state index contributed by atoms with van der Waals surface area (Å²) in [5.74, 6) is -0.614. The third kappa shape index (κ3) is 38.5. The summed E-state index contributed by atoms with van der Waals surface area (Å²) >= 11 is 0. The smallest absolute Gasteiger partial charge is 0.306 e. The van der Waals surface area contributed by atoms with Gasteiger partial charge in [0.25, 0.3) is 0 Å². The summed E-state index contributed by atoms with van der Waals surface area (Å²) in [5.41, 5.74) is 0. The molecule has 0 spiro atoms. The second-order valence-corrected chi connectivity index (χ2v) is 13.7. The number of carbonyl (C=O) groups is 2. The van der Waals surface area contributed by atoms with Crippen molar-refractivity contribution in [3.8, 4) is 0 Å². The Bertz CT molecular complexity index is 827. The zero-order valence-electron chi connectivity index (χ0n) is 32.2. The van der Waals surface area contributed by atoms with E-state index in [-0.39, 0.29) is 25.2 Å². The first-order chi connectivity index (χ1) is 24.1. The summed E-state index contributed by atoms with van der Waals surface area (Å²) in [4.78, 5) is 24.3. The van der Waals surface area contributed by atoms with Crippen LogP contribution in [0.15, 0.2) is 48.6 Å². The molecular weight excluding hydrogens is 608 g/mol. The minimum atomic E-state index is -0.781. The molecule has 0 aromatic rings. The van der Waals surface area contributed by atoms with Gasteiger partial charge >= 0.3 is 11.9 Å². The number of unbranched alkanes of at least 4 members (excludes halogenated alkanes) is 21. The van der Waals surface area contributed by atoms with Crippen molar-refractivity contribution in [2.45, 2.75) is 206 Å². The maximum absolute atomic E-state index is 12.2. The fraction of sp³-hybridized carbons (Fsp3) is 0.773. The predicted octanol–water partition coefficient (Wildman–Crippen LogP) is 13.0. The van der Waals surface area contributed by atoms with E-state index in [0.29, 0.717) is 12.8 Å². The Hall–Kier alpha value is -2.14. The van der Waals surface area contributed by atoms with E-state index in [2.05, 4.69) is 62.5 Å². The highest BCUT2D eigenvalue weighted by Gasteiger charge is 2.16. The summed E-state index contributed by atoms with van der Waals surface area (Å²) in [7, 11) is 0. The normalized spacial score (nSPS) is 12.6. The first kappa shape index (κ1) is 46.9. The quantitative estimate of drug-likeness (QED) is 0.0400. The minimum absolute atomic E-state index is 0.0759. The molecule has 0 bridgehead atoms. The Morgan fingerprint density at radius 3 is 1.29 bits per heavy atom. The molecule has 0 fully saturated rings. The van der Waals surface area contributed by atoms with E-state index in [1.807, 2.05) is 0 Å². The molecule has 0 aliphatic heterocycles. The monoisotopic (exact) mass is 687 g/mol. The highest BCUT2D eigenvalue weighted by Crippen LogP contribution is 2.13. The lowest BCUT2D eigenvalue weighted by Crippen LogP contribution is -2.28. The summed E-state index contributed by atoms with van der Waals surface area (Å²) < 4.78 is 10.6. The van der Waals surface area contributed by atoms with Gasteiger partial charge in [-0.05, 0) is 77.0 Å². The van der Waals surface area contributed by atoms with Gasteiger partial charge in [-0.25, -0.2) is 0 Å². The molecule has 0 aromatic carbocycles. The van der Waals surface area contributed by atoms with Gasteiger partial charge in [0.1, 0.15) is 6.61 Å². The molecule has 284 valence electrons. The number of ether oxygens (including phenoxy) is 2. The Balaban J connectivity index is 3.60. The summed E-state index contributed by atoms with van der Waals surface area (Å²) in [6.45, 7) is 4.09. The third-order valence-electron chi connectivity index (χ3n) is 8.85. The van der Waals surface area contributed by atoms with Gasteiger partial charge in [0, 0.05) is 12.8 Å². The van der Waals surface area contributed by atoms with Crippen molar-refractivity contribution in [2.75, 3.05) is 13.2 Å². The van der Waals surface area contributed by atoms with Crippen molar-refractivity contribution < 1.29 is 24.2 Å². The van der Waals surface area contributed by atoms with Gasteiger partial charge in [-0.15, -0.1) is 0 Å². The van der Waals surface area contributed by atoms with Crippen LogP contribution in [0.1, 0.15) is 200 Å². The lowest BCUT2D eigenvalue weighted by Gasteiger charge is -2.15. The number of hydrogen-bond acceptors (Lipinski definition) is 5. The van der Waals surface area contributed by atoms with Crippen molar-refractivity contribution in [2.24, 2.45) is 0 Å². The van der Waals surface area contributed by atoms with Crippen molar-refractivity contribution in [3.63, 3.8) is 0 Å². The number of carbonyl (C=O) groups excluding carboxylic acids is 2. The Morgan fingerprint density at radius 1 is 0.469 bits per heavy atom. The van der Waals surface area contributed by atoms with Crippen LogP contribution in [-0.4, -0.2) is 36.4 Å². The van der Waals surface area contributed by atoms with Gasteiger partial charge in [0.05, 0.1) is 6.61 Å². The van der Waals surface area contributed by atoms with Crippen molar-refractivity contribution in [3.05, 3.63) is 48.6 Å². The van der Waals surface area contributed by atoms with E-state index in [9.17, 15) is 14.7 Å². The predicted molar refractivity (Wildman–Crippen MR) is 210 cm³/mol. The molecule has 0 aliphatic rings. The summed E-state index contributed by atoms with van der Waals surface area (Å²) in [5, 5.41) is 9.56. The van der Waals surface area contributed by atoms with Crippen LogP contribution in [0.25, 0.3) is 0 Å². The van der Waals surface area contributed by atoms with Crippen LogP contribution in [-0.2, 0) is 19.1 Å².